The van der Waals surface area contributed by atoms with Crippen LogP contribution in [0.15, 0.2) is 22.0 Å². The number of nitrogens with two attached hydrogens (primary N) is 1. The van der Waals surface area contributed by atoms with E-state index in [0.717, 1.165) is 0 Å². The normalized spacial score (nSPS) is 16.6. The molecule has 5 N–H and O–H groups in total. The van der Waals surface area contributed by atoms with Crippen LogP contribution in [0.2, 0.25) is 0 Å². The lowest BCUT2D eigenvalue weighted by molar-refractivity contribution is -0.129. The van der Waals surface area contributed by atoms with Crippen molar-refractivity contribution < 1.29 is 24.9 Å². The summed E-state index contributed by atoms with van der Waals surface area (Å²) < 4.78 is 0. The van der Waals surface area contributed by atoms with Crippen molar-refractivity contribution in [1.29, 1.82) is 0 Å². The van der Waals surface area contributed by atoms with Gasteiger partial charge in [0.1, 0.15) is 23.4 Å². The fourth-order valence-electron chi connectivity index (χ4n) is 1.92. The molecule has 1 unspecified atom stereocenters. The van der Waals surface area contributed by atoms with E-state index in [0.29, 0.717) is 16.7 Å². The molecule has 0 spiro atoms. The minimum absolute atomic E-state index is 0.0588. The number of phenols is 1. The lowest BCUT2D eigenvalue weighted by atomic mass is 9.94. The number of aliphatic hydroxyl groups excluding tert-OH is 1. The number of aliphatic imine (C=N–C) groups is 1. The molecule has 1 atom stereocenters. The van der Waals surface area contributed by atoms with Gasteiger partial charge >= 0.3 is 5.97 Å². The van der Waals surface area contributed by atoms with E-state index in [1.807, 2.05) is 0 Å². The van der Waals surface area contributed by atoms with Crippen LogP contribution >= 0.6 is 11.8 Å². The van der Waals surface area contributed by atoms with Gasteiger partial charge in [0, 0.05) is 17.1 Å². The van der Waals surface area contributed by atoms with Crippen LogP contribution in [0.4, 0.5) is 5.69 Å². The molecular weight excluding hydrogens is 296 g/mol. The Labute approximate surface area is 124 Å². The number of rotatable bonds is 5. The molecule has 1 heterocycles. The number of aromatic hydroxyl groups is 1. The molecule has 0 amide bonds. The summed E-state index contributed by atoms with van der Waals surface area (Å²) in [6.07, 6.45) is 0.548. The van der Waals surface area contributed by atoms with Gasteiger partial charge in [0.25, 0.3) is 0 Å². The zero-order chi connectivity index (χ0) is 15.6. The first-order chi connectivity index (χ1) is 9.90. The average molecular weight is 310 g/mol. The third kappa shape index (κ3) is 3.07. The van der Waals surface area contributed by atoms with E-state index in [2.05, 4.69) is 4.99 Å². The van der Waals surface area contributed by atoms with E-state index in [-0.39, 0.29) is 29.3 Å². The molecule has 0 aliphatic carbocycles. The number of aliphatic carboxylic acids is 1. The van der Waals surface area contributed by atoms with Crippen molar-refractivity contribution >= 4 is 35.4 Å². The number of phenolic OH excluding ortho intramolecular Hbond substituents is 1. The number of carboxylic acids is 1. The van der Waals surface area contributed by atoms with Crippen molar-refractivity contribution in [2.45, 2.75) is 16.9 Å². The van der Waals surface area contributed by atoms with E-state index in [9.17, 15) is 19.8 Å². The number of aldehydes is 1. The largest absolute Gasteiger partial charge is 0.506 e. The Morgan fingerprint density at radius 1 is 1.52 bits per heavy atom. The molecule has 0 saturated heterocycles. The molecule has 0 aromatic heterocycles. The van der Waals surface area contributed by atoms with Gasteiger partial charge in [-0.25, -0.2) is 9.79 Å². The molecular formula is C13H14N2O5S. The van der Waals surface area contributed by atoms with Crippen LogP contribution in [0, 0.1) is 0 Å². The lowest BCUT2D eigenvalue weighted by Gasteiger charge is -2.24. The van der Waals surface area contributed by atoms with Crippen LogP contribution in [-0.4, -0.2) is 51.2 Å². The van der Waals surface area contributed by atoms with Crippen molar-refractivity contribution in [3.05, 3.63) is 17.7 Å². The van der Waals surface area contributed by atoms with Crippen LogP contribution < -0.4 is 5.73 Å². The van der Waals surface area contributed by atoms with Crippen molar-refractivity contribution in [3.8, 4) is 5.75 Å². The molecule has 1 aliphatic rings. The highest BCUT2D eigenvalue weighted by molar-refractivity contribution is 8.00. The molecule has 0 saturated carbocycles. The van der Waals surface area contributed by atoms with Crippen molar-refractivity contribution in [2.75, 3.05) is 12.4 Å². The molecule has 1 aromatic carbocycles. The van der Waals surface area contributed by atoms with Crippen LogP contribution in [0.3, 0.4) is 0 Å². The van der Waals surface area contributed by atoms with Crippen LogP contribution in [0.1, 0.15) is 5.56 Å². The Balaban J connectivity index is 2.47. The minimum Gasteiger partial charge on any atom is -0.506 e. The number of fused-ring (bicyclic) bond motifs is 1. The number of hydrogen-bond acceptors (Lipinski definition) is 7. The number of nitrogens with zero attached hydrogens (tertiary/aromatic N) is 1. The van der Waals surface area contributed by atoms with Crippen molar-refractivity contribution in [2.24, 2.45) is 10.7 Å². The Bertz CT molecular complexity index is 631. The van der Waals surface area contributed by atoms with E-state index in [1.54, 1.807) is 6.07 Å². The number of aliphatic hydroxyl groups is 1. The predicted octanol–water partition coefficient (Wildman–Crippen LogP) is 0.0862. The highest BCUT2D eigenvalue weighted by atomic mass is 32.2. The van der Waals surface area contributed by atoms with E-state index in [1.165, 1.54) is 17.8 Å². The van der Waals surface area contributed by atoms with Crippen LogP contribution in [0.25, 0.3) is 0 Å². The van der Waals surface area contributed by atoms with Gasteiger partial charge in [0.15, 0.2) is 0 Å². The van der Waals surface area contributed by atoms with Gasteiger partial charge in [-0.2, -0.15) is 0 Å². The maximum absolute atomic E-state index is 11.0. The lowest BCUT2D eigenvalue weighted by Crippen LogP contribution is -2.47. The molecule has 7 nitrogen and oxygen atoms in total. The topological polar surface area (TPSA) is 133 Å². The van der Waals surface area contributed by atoms with Gasteiger partial charge in [-0.15, -0.1) is 11.8 Å². The minimum atomic E-state index is -1.41. The molecule has 0 radical (unpaired) electrons. The maximum atomic E-state index is 11.0. The Hall–Kier alpha value is -1.90. The van der Waals surface area contributed by atoms with Gasteiger partial charge in [0.2, 0.25) is 0 Å². The van der Waals surface area contributed by atoms with Gasteiger partial charge in [-0.05, 0) is 11.6 Å². The molecule has 0 fully saturated rings. The van der Waals surface area contributed by atoms with Gasteiger partial charge in [-0.3, -0.25) is 0 Å². The number of thioether (sulfide) groups is 1. The second-order valence-corrected chi connectivity index (χ2v) is 5.75. The Morgan fingerprint density at radius 3 is 2.81 bits per heavy atom. The zero-order valence-electron chi connectivity index (χ0n) is 10.9. The average Bonchev–Trinajstić information content (AvgIpc) is 2.49. The first-order valence-electron chi connectivity index (χ1n) is 6.05. The van der Waals surface area contributed by atoms with Crippen molar-refractivity contribution in [3.63, 3.8) is 0 Å². The highest BCUT2D eigenvalue weighted by Gasteiger charge is 2.28. The fourth-order valence-corrected chi connectivity index (χ4v) is 3.00. The number of carboxylic acid groups (broad SMARTS) is 1. The number of benzene rings is 1. The summed E-state index contributed by atoms with van der Waals surface area (Å²) in [7, 11) is 0. The molecule has 21 heavy (non-hydrogen) atoms. The predicted molar refractivity (Wildman–Crippen MR) is 77.3 cm³/mol. The van der Waals surface area contributed by atoms with Crippen LogP contribution in [-0.2, 0) is 16.0 Å². The second kappa shape index (κ2) is 5.84. The number of hydrogen-bond donors (Lipinski definition) is 4. The molecule has 0 bridgehead atoms. The summed E-state index contributed by atoms with van der Waals surface area (Å²) in [6.45, 7) is -0.513. The summed E-state index contributed by atoms with van der Waals surface area (Å²) >= 11 is 1.20. The summed E-state index contributed by atoms with van der Waals surface area (Å²) in [5, 5.41) is 28.0. The Kier molecular flexibility index (Phi) is 4.31. The first kappa shape index (κ1) is 15.5. The summed E-state index contributed by atoms with van der Waals surface area (Å²) in [4.78, 5) is 26.5. The van der Waals surface area contributed by atoms with Gasteiger partial charge in [-0.1, -0.05) is 6.07 Å². The standard InChI is InChI=1S/C13H14N2O5S/c14-13(5-16,6-17)3-7-1-2-9(18)10-11(7)21-4-8(15-10)12(19)20/h1-2,5,17-18H,3-4,6,14H2,(H,19,20). The SMILES string of the molecule is NC(C=O)(CO)Cc1ccc(O)c2c1SCC(C(=O)O)=N2. The van der Waals surface area contributed by atoms with E-state index in [4.69, 9.17) is 10.8 Å². The number of carbonyl (C=O) groups excluding carboxylic acids is 1. The van der Waals surface area contributed by atoms with E-state index < -0.39 is 18.1 Å². The second-order valence-electron chi connectivity index (χ2n) is 4.76. The Morgan fingerprint density at radius 2 is 2.24 bits per heavy atom. The smallest absolute Gasteiger partial charge is 0.351 e. The molecule has 1 aliphatic heterocycles. The molecule has 8 heteroatoms. The molecule has 1 aromatic rings. The fraction of sp³-hybridized carbons (Fsp3) is 0.308. The first-order valence-corrected chi connectivity index (χ1v) is 7.03. The quantitative estimate of drug-likeness (QED) is 0.566. The maximum Gasteiger partial charge on any atom is 0.351 e. The highest BCUT2D eigenvalue weighted by Crippen LogP contribution is 2.43. The third-order valence-corrected chi connectivity index (χ3v) is 4.25. The van der Waals surface area contributed by atoms with Gasteiger partial charge < -0.3 is 25.8 Å². The summed E-state index contributed by atoms with van der Waals surface area (Å²) in [6, 6.07) is 2.95. The third-order valence-electron chi connectivity index (χ3n) is 3.09. The summed E-state index contributed by atoms with van der Waals surface area (Å²) in [5.41, 5.74) is 5.07. The number of carbonyl (C=O) groups is 2. The van der Waals surface area contributed by atoms with Gasteiger partial charge in [0.05, 0.1) is 12.1 Å². The molecule has 2 rings (SSSR count). The van der Waals surface area contributed by atoms with Crippen molar-refractivity contribution in [1.82, 2.24) is 0 Å². The summed E-state index contributed by atoms with van der Waals surface area (Å²) in [5.74, 6) is -1.14. The van der Waals surface area contributed by atoms with Crippen LogP contribution in [0.5, 0.6) is 5.75 Å². The van der Waals surface area contributed by atoms with E-state index >= 15 is 0 Å². The molecule has 112 valence electrons. The zero-order valence-corrected chi connectivity index (χ0v) is 11.8. The monoisotopic (exact) mass is 310 g/mol.